The Morgan fingerprint density at radius 2 is 1.71 bits per heavy atom. The van der Waals surface area contributed by atoms with Crippen LogP contribution in [0.3, 0.4) is 0 Å². The molecule has 0 aliphatic carbocycles. The third kappa shape index (κ3) is 5.80. The maximum atomic E-state index is 14.1. The third-order valence-electron chi connectivity index (χ3n) is 5.02. The fraction of sp³-hybridized carbons (Fsp3) is 0.160. The lowest BCUT2D eigenvalue weighted by Crippen LogP contribution is -2.23. The largest absolute Gasteiger partial charge is 0.480 e. The average Bonchev–Trinajstić information content (AvgIpc) is 3.27. The normalized spacial score (nSPS) is 12.7. The highest BCUT2D eigenvalue weighted by molar-refractivity contribution is 8.00. The highest BCUT2D eigenvalue weighted by Gasteiger charge is 2.25. The Morgan fingerprint density at radius 3 is 2.43 bits per heavy atom. The summed E-state index contributed by atoms with van der Waals surface area (Å²) in [5, 5.41) is 11.1. The van der Waals surface area contributed by atoms with Gasteiger partial charge in [-0.25, -0.2) is 8.78 Å². The summed E-state index contributed by atoms with van der Waals surface area (Å²) in [4.78, 5) is 12.8. The number of halogens is 3. The monoisotopic (exact) mass is 514 g/mol. The first kappa shape index (κ1) is 24.7. The quantitative estimate of drug-likeness (QED) is 0.273. The Kier molecular flexibility index (Phi) is 7.67. The minimum Gasteiger partial charge on any atom is -0.480 e. The van der Waals surface area contributed by atoms with Crippen LogP contribution in [0.4, 0.5) is 14.5 Å². The van der Waals surface area contributed by atoms with E-state index in [9.17, 15) is 13.6 Å². The minimum atomic E-state index is -0.639. The van der Waals surface area contributed by atoms with Gasteiger partial charge in [-0.2, -0.15) is 0 Å². The van der Waals surface area contributed by atoms with Gasteiger partial charge in [0.05, 0.1) is 10.3 Å². The van der Waals surface area contributed by atoms with E-state index in [-0.39, 0.29) is 16.7 Å². The van der Waals surface area contributed by atoms with Crippen LogP contribution >= 0.6 is 23.4 Å². The maximum Gasteiger partial charge on any atom is 0.237 e. The summed E-state index contributed by atoms with van der Waals surface area (Å²) in [6.07, 6.45) is -0.639. The van der Waals surface area contributed by atoms with Crippen LogP contribution in [0.25, 0.3) is 5.69 Å². The van der Waals surface area contributed by atoms with Crippen LogP contribution < -0.4 is 10.1 Å². The number of nitrogens with one attached hydrogen (secondary N) is 1. The Labute approximate surface area is 210 Å². The van der Waals surface area contributed by atoms with E-state index in [0.29, 0.717) is 16.7 Å². The molecule has 0 bridgehead atoms. The third-order valence-corrected chi connectivity index (χ3v) is 6.35. The zero-order valence-electron chi connectivity index (χ0n) is 18.8. The molecule has 4 aromatic rings. The van der Waals surface area contributed by atoms with Crippen molar-refractivity contribution in [2.45, 2.75) is 30.4 Å². The van der Waals surface area contributed by atoms with Gasteiger partial charge in [-0.1, -0.05) is 53.7 Å². The lowest BCUT2D eigenvalue weighted by Gasteiger charge is -2.18. The molecule has 1 aromatic heterocycles. The van der Waals surface area contributed by atoms with Crippen molar-refractivity contribution in [3.8, 4) is 11.4 Å². The number of benzene rings is 3. The number of carbonyl (C=O) groups is 1. The van der Waals surface area contributed by atoms with Crippen LogP contribution in [-0.2, 0) is 4.79 Å². The van der Waals surface area contributed by atoms with Crippen LogP contribution in [-0.4, -0.2) is 25.9 Å². The Morgan fingerprint density at radius 1 is 1.00 bits per heavy atom. The molecule has 0 saturated heterocycles. The zero-order chi connectivity index (χ0) is 24.9. The van der Waals surface area contributed by atoms with Crippen molar-refractivity contribution in [3.63, 3.8) is 0 Å². The number of hydrogen-bond acceptors (Lipinski definition) is 5. The van der Waals surface area contributed by atoms with Crippen molar-refractivity contribution >= 4 is 35.0 Å². The van der Waals surface area contributed by atoms with Gasteiger partial charge in [-0.05, 0) is 56.3 Å². The second-order valence-electron chi connectivity index (χ2n) is 7.58. The van der Waals surface area contributed by atoms with Crippen molar-refractivity contribution in [2.24, 2.45) is 0 Å². The molecule has 2 unspecified atom stereocenters. The number of aromatic nitrogens is 3. The number of amides is 1. The van der Waals surface area contributed by atoms with Crippen molar-refractivity contribution in [2.75, 3.05) is 5.32 Å². The average molecular weight is 515 g/mol. The van der Waals surface area contributed by atoms with Crippen molar-refractivity contribution in [1.29, 1.82) is 0 Å². The first-order chi connectivity index (χ1) is 16.8. The molecule has 0 fully saturated rings. The molecule has 0 aliphatic rings. The Balaban J connectivity index is 1.58. The summed E-state index contributed by atoms with van der Waals surface area (Å²) in [5.41, 5.74) is 1.14. The van der Waals surface area contributed by atoms with Gasteiger partial charge in [-0.15, -0.1) is 10.2 Å². The Hall–Kier alpha value is -3.43. The molecule has 0 aliphatic heterocycles. The summed E-state index contributed by atoms with van der Waals surface area (Å²) < 4.78 is 35.2. The van der Waals surface area contributed by atoms with Gasteiger partial charge in [0.15, 0.2) is 28.7 Å². The molecular formula is C25H21ClF2N4O2S. The van der Waals surface area contributed by atoms with Gasteiger partial charge in [0.25, 0.3) is 0 Å². The summed E-state index contributed by atoms with van der Waals surface area (Å²) in [5.74, 6) is -0.826. The molecule has 180 valence electrons. The zero-order valence-corrected chi connectivity index (χ0v) is 20.4. The standard InChI is InChI=1S/C25H21ClF2N4O2S/c1-15(34-22-11-7-6-10-21(22)28)23-30-31-25(32(23)18-8-4-3-5-9-18)35-16(2)24(33)29-17-12-13-20(27)19(26)14-17/h3-16H,1-2H3,(H,29,33). The van der Waals surface area contributed by atoms with Gasteiger partial charge in [0, 0.05) is 11.4 Å². The van der Waals surface area contributed by atoms with Gasteiger partial charge in [-0.3, -0.25) is 9.36 Å². The summed E-state index contributed by atoms with van der Waals surface area (Å²) in [7, 11) is 0. The van der Waals surface area contributed by atoms with E-state index in [1.807, 2.05) is 30.3 Å². The van der Waals surface area contributed by atoms with Crippen LogP contribution in [0.5, 0.6) is 5.75 Å². The molecule has 1 amide bonds. The fourth-order valence-corrected chi connectivity index (χ4v) is 4.31. The molecule has 2 atom stereocenters. The molecule has 1 N–H and O–H groups in total. The maximum absolute atomic E-state index is 14.1. The summed E-state index contributed by atoms with van der Waals surface area (Å²) in [6, 6.07) is 19.4. The lowest BCUT2D eigenvalue weighted by atomic mass is 10.3. The number of ether oxygens (including phenoxy) is 1. The van der Waals surface area contributed by atoms with E-state index >= 15 is 0 Å². The fourth-order valence-electron chi connectivity index (χ4n) is 3.25. The topological polar surface area (TPSA) is 69.0 Å². The summed E-state index contributed by atoms with van der Waals surface area (Å²) >= 11 is 6.99. The molecular weight excluding hydrogens is 494 g/mol. The molecule has 6 nitrogen and oxygen atoms in total. The van der Waals surface area contributed by atoms with E-state index in [1.165, 1.54) is 36.0 Å². The number of nitrogens with zero attached hydrogens (tertiary/aromatic N) is 3. The first-order valence-electron chi connectivity index (χ1n) is 10.7. The molecule has 3 aromatic carbocycles. The SMILES string of the molecule is CC(Sc1nnc(C(C)Oc2ccccc2F)n1-c1ccccc1)C(=O)Nc1ccc(F)c(Cl)c1. The first-order valence-corrected chi connectivity index (χ1v) is 11.9. The molecule has 35 heavy (non-hydrogen) atoms. The van der Waals surface area contributed by atoms with Crippen LogP contribution in [0.2, 0.25) is 5.02 Å². The Bertz CT molecular complexity index is 1340. The van der Waals surface area contributed by atoms with E-state index in [0.717, 1.165) is 5.69 Å². The van der Waals surface area contributed by atoms with Gasteiger partial charge in [0.2, 0.25) is 5.91 Å². The molecule has 1 heterocycles. The predicted molar refractivity (Wildman–Crippen MR) is 132 cm³/mol. The van der Waals surface area contributed by atoms with Gasteiger partial charge < -0.3 is 10.1 Å². The number of anilines is 1. The molecule has 10 heteroatoms. The van der Waals surface area contributed by atoms with E-state index < -0.39 is 23.0 Å². The highest BCUT2D eigenvalue weighted by atomic mass is 35.5. The molecule has 4 rings (SSSR count). The number of carbonyl (C=O) groups excluding carboxylic acids is 1. The van der Waals surface area contributed by atoms with Crippen LogP contribution in [0, 0.1) is 11.6 Å². The number of para-hydroxylation sites is 2. The van der Waals surface area contributed by atoms with Crippen LogP contribution in [0.1, 0.15) is 25.8 Å². The number of thioether (sulfide) groups is 1. The predicted octanol–water partition coefficient (Wildman–Crippen LogP) is 6.46. The second kappa shape index (κ2) is 10.9. The highest BCUT2D eigenvalue weighted by Crippen LogP contribution is 2.31. The van der Waals surface area contributed by atoms with E-state index in [2.05, 4.69) is 15.5 Å². The lowest BCUT2D eigenvalue weighted by molar-refractivity contribution is -0.115. The van der Waals surface area contributed by atoms with Crippen LogP contribution in [0.15, 0.2) is 78.0 Å². The van der Waals surface area contributed by atoms with Crippen molar-refractivity contribution in [3.05, 3.63) is 95.3 Å². The van der Waals surface area contributed by atoms with E-state index in [4.69, 9.17) is 16.3 Å². The second-order valence-corrected chi connectivity index (χ2v) is 9.30. The smallest absolute Gasteiger partial charge is 0.237 e. The van der Waals surface area contributed by atoms with Crippen molar-refractivity contribution in [1.82, 2.24) is 14.8 Å². The molecule has 0 saturated carbocycles. The van der Waals surface area contributed by atoms with Gasteiger partial charge >= 0.3 is 0 Å². The summed E-state index contributed by atoms with van der Waals surface area (Å²) in [6.45, 7) is 3.47. The minimum absolute atomic E-state index is 0.0830. The molecule has 0 spiro atoms. The van der Waals surface area contributed by atoms with Gasteiger partial charge in [0.1, 0.15) is 5.82 Å². The number of hydrogen-bond donors (Lipinski definition) is 1. The number of rotatable bonds is 8. The van der Waals surface area contributed by atoms with E-state index in [1.54, 1.807) is 36.6 Å². The van der Waals surface area contributed by atoms with Crippen molar-refractivity contribution < 1.29 is 18.3 Å². The molecule has 0 radical (unpaired) electrons.